The van der Waals surface area contributed by atoms with E-state index in [1.54, 1.807) is 0 Å². The zero-order chi connectivity index (χ0) is 18.1. The van der Waals surface area contributed by atoms with Crippen molar-refractivity contribution in [3.05, 3.63) is 70.9 Å². The van der Waals surface area contributed by atoms with Crippen LogP contribution in [-0.4, -0.2) is 20.9 Å². The summed E-state index contributed by atoms with van der Waals surface area (Å²) < 4.78 is 0. The van der Waals surface area contributed by atoms with Crippen molar-refractivity contribution in [2.75, 3.05) is 5.32 Å². The topological polar surface area (TPSA) is 67.8 Å². The summed E-state index contributed by atoms with van der Waals surface area (Å²) in [6, 6.07) is 13.7. The maximum atomic E-state index is 12.5. The molecule has 4 aromatic rings. The second-order valence-electron chi connectivity index (χ2n) is 6.04. The highest BCUT2D eigenvalue weighted by molar-refractivity contribution is 7.14. The first-order valence-corrected chi connectivity index (χ1v) is 9.04. The number of rotatable bonds is 3. The number of fused-ring (bicyclic) bond motifs is 1. The van der Waals surface area contributed by atoms with Gasteiger partial charge in [-0.3, -0.25) is 15.1 Å². The van der Waals surface area contributed by atoms with Crippen molar-refractivity contribution in [1.82, 2.24) is 15.0 Å². The number of carbonyl (C=O) groups excluding carboxylic acids is 1. The van der Waals surface area contributed by atoms with Crippen LogP contribution in [0, 0.1) is 13.8 Å². The van der Waals surface area contributed by atoms with Gasteiger partial charge in [-0.05, 0) is 43.2 Å². The maximum absolute atomic E-state index is 12.5. The van der Waals surface area contributed by atoms with Crippen molar-refractivity contribution in [1.29, 1.82) is 0 Å². The number of thiazole rings is 1. The van der Waals surface area contributed by atoms with Gasteiger partial charge in [0, 0.05) is 10.9 Å². The monoisotopic (exact) mass is 360 g/mol. The molecular weight excluding hydrogens is 344 g/mol. The van der Waals surface area contributed by atoms with Gasteiger partial charge in [-0.1, -0.05) is 24.3 Å². The molecule has 4 rings (SSSR count). The first-order valence-electron chi connectivity index (χ1n) is 8.16. The normalized spacial score (nSPS) is 10.8. The lowest BCUT2D eigenvalue weighted by atomic mass is 10.1. The van der Waals surface area contributed by atoms with Crippen molar-refractivity contribution >= 4 is 33.4 Å². The van der Waals surface area contributed by atoms with Crippen LogP contribution < -0.4 is 5.32 Å². The number of carbonyl (C=O) groups is 1. The van der Waals surface area contributed by atoms with Gasteiger partial charge in [0.25, 0.3) is 5.91 Å². The molecule has 2 aromatic heterocycles. The van der Waals surface area contributed by atoms with E-state index in [2.05, 4.69) is 46.2 Å². The van der Waals surface area contributed by atoms with E-state index in [9.17, 15) is 4.79 Å². The molecule has 26 heavy (non-hydrogen) atoms. The number of hydrogen-bond acceptors (Lipinski definition) is 5. The Bertz CT molecular complexity index is 1120. The molecule has 0 fully saturated rings. The Morgan fingerprint density at radius 3 is 2.62 bits per heavy atom. The summed E-state index contributed by atoms with van der Waals surface area (Å²) in [7, 11) is 0. The average Bonchev–Trinajstić information content (AvgIpc) is 3.12. The summed E-state index contributed by atoms with van der Waals surface area (Å²) >= 11 is 1.39. The number of amides is 1. The van der Waals surface area contributed by atoms with E-state index in [1.807, 2.05) is 35.7 Å². The van der Waals surface area contributed by atoms with Crippen molar-refractivity contribution < 1.29 is 4.79 Å². The summed E-state index contributed by atoms with van der Waals surface area (Å²) in [5, 5.41) is 5.28. The van der Waals surface area contributed by atoms with Crippen LogP contribution in [-0.2, 0) is 0 Å². The van der Waals surface area contributed by atoms with E-state index < -0.39 is 0 Å². The predicted octanol–water partition coefficient (Wildman–Crippen LogP) is 4.62. The van der Waals surface area contributed by atoms with E-state index in [1.165, 1.54) is 28.7 Å². The quantitative estimate of drug-likeness (QED) is 0.579. The third-order valence-corrected chi connectivity index (χ3v) is 4.97. The van der Waals surface area contributed by atoms with Gasteiger partial charge in [-0.25, -0.2) is 9.97 Å². The third-order valence-electron chi connectivity index (χ3n) is 4.21. The van der Waals surface area contributed by atoms with E-state index in [4.69, 9.17) is 0 Å². The maximum Gasteiger partial charge on any atom is 0.277 e. The summed E-state index contributed by atoms with van der Waals surface area (Å²) in [6.45, 7) is 4.16. The Balaban J connectivity index is 1.56. The van der Waals surface area contributed by atoms with Crippen LogP contribution in [0.1, 0.15) is 21.6 Å². The minimum Gasteiger partial charge on any atom is -0.296 e. The zero-order valence-electron chi connectivity index (χ0n) is 14.4. The van der Waals surface area contributed by atoms with Gasteiger partial charge in [0.1, 0.15) is 5.69 Å². The largest absolute Gasteiger partial charge is 0.296 e. The minimum atomic E-state index is -0.316. The van der Waals surface area contributed by atoms with Crippen molar-refractivity contribution in [2.24, 2.45) is 0 Å². The van der Waals surface area contributed by atoms with Gasteiger partial charge in [-0.15, -0.1) is 11.3 Å². The molecule has 2 heterocycles. The molecule has 0 bridgehead atoms. The van der Waals surface area contributed by atoms with Gasteiger partial charge in [0.2, 0.25) is 0 Å². The van der Waals surface area contributed by atoms with E-state index >= 15 is 0 Å². The lowest BCUT2D eigenvalue weighted by molar-refractivity contribution is 0.102. The molecule has 0 aliphatic rings. The molecule has 2 aromatic carbocycles. The van der Waals surface area contributed by atoms with E-state index in [0.717, 1.165) is 16.8 Å². The van der Waals surface area contributed by atoms with E-state index in [-0.39, 0.29) is 11.6 Å². The average molecular weight is 360 g/mol. The number of hydrogen-bond donors (Lipinski definition) is 1. The molecule has 5 nitrogen and oxygen atoms in total. The number of aryl methyl sites for hydroxylation is 2. The highest BCUT2D eigenvalue weighted by Crippen LogP contribution is 2.26. The third kappa shape index (κ3) is 3.19. The molecule has 1 amide bonds. The van der Waals surface area contributed by atoms with Gasteiger partial charge in [-0.2, -0.15) is 0 Å². The summed E-state index contributed by atoms with van der Waals surface area (Å²) in [6.07, 6.45) is 1.48. The molecular formula is C20H16N4OS. The van der Waals surface area contributed by atoms with Crippen LogP contribution in [0.25, 0.3) is 22.3 Å². The number of nitrogens with one attached hydrogen (secondary N) is 1. The fraction of sp³-hybridized carbons (Fsp3) is 0.100. The van der Waals surface area contributed by atoms with Crippen LogP contribution in [0.5, 0.6) is 0 Å². The molecule has 0 aliphatic heterocycles. The molecule has 0 radical (unpaired) electrons. The number of benzene rings is 2. The Morgan fingerprint density at radius 1 is 1.00 bits per heavy atom. The Labute approximate surface area is 154 Å². The summed E-state index contributed by atoms with van der Waals surface area (Å²) in [5.74, 6) is -0.316. The second kappa shape index (κ2) is 6.65. The SMILES string of the molecule is Cc1ccc(-c2csc(NC(=O)c3cnc4ccccc4n3)n2)cc1C. The van der Waals surface area contributed by atoms with Crippen LogP contribution in [0.15, 0.2) is 54.0 Å². The minimum absolute atomic E-state index is 0.270. The zero-order valence-corrected chi connectivity index (χ0v) is 15.2. The van der Waals surface area contributed by atoms with Crippen molar-refractivity contribution in [3.8, 4) is 11.3 Å². The number of para-hydroxylation sites is 2. The molecule has 128 valence electrons. The lowest BCUT2D eigenvalue weighted by Gasteiger charge is -2.03. The van der Waals surface area contributed by atoms with Crippen LogP contribution in [0.4, 0.5) is 5.13 Å². The second-order valence-corrected chi connectivity index (χ2v) is 6.89. The Hall–Kier alpha value is -3.12. The highest BCUT2D eigenvalue weighted by Gasteiger charge is 2.12. The van der Waals surface area contributed by atoms with Crippen molar-refractivity contribution in [3.63, 3.8) is 0 Å². The smallest absolute Gasteiger partial charge is 0.277 e. The van der Waals surface area contributed by atoms with Gasteiger partial charge < -0.3 is 0 Å². The lowest BCUT2D eigenvalue weighted by Crippen LogP contribution is -2.14. The van der Waals surface area contributed by atoms with Crippen LogP contribution >= 0.6 is 11.3 Å². The summed E-state index contributed by atoms with van der Waals surface area (Å²) in [5.41, 5.74) is 6.06. The first-order chi connectivity index (χ1) is 12.6. The molecule has 0 saturated carbocycles. The predicted molar refractivity (Wildman–Crippen MR) is 105 cm³/mol. The first kappa shape index (κ1) is 16.4. The highest BCUT2D eigenvalue weighted by atomic mass is 32.1. The van der Waals surface area contributed by atoms with Gasteiger partial charge in [0.15, 0.2) is 5.13 Å². The molecule has 0 aliphatic carbocycles. The molecule has 0 unspecified atom stereocenters. The number of anilines is 1. The molecule has 1 N–H and O–H groups in total. The van der Waals surface area contributed by atoms with Crippen molar-refractivity contribution in [2.45, 2.75) is 13.8 Å². The molecule has 0 spiro atoms. The fourth-order valence-electron chi connectivity index (χ4n) is 2.59. The summed E-state index contributed by atoms with van der Waals surface area (Å²) in [4.78, 5) is 25.6. The van der Waals surface area contributed by atoms with Crippen LogP contribution in [0.3, 0.4) is 0 Å². The van der Waals surface area contributed by atoms with Crippen LogP contribution in [0.2, 0.25) is 0 Å². The van der Waals surface area contributed by atoms with Gasteiger partial charge in [0.05, 0.1) is 22.9 Å². The van der Waals surface area contributed by atoms with E-state index in [0.29, 0.717) is 10.6 Å². The van der Waals surface area contributed by atoms with Gasteiger partial charge >= 0.3 is 0 Å². The molecule has 0 saturated heterocycles. The Morgan fingerprint density at radius 2 is 1.81 bits per heavy atom. The fourth-order valence-corrected chi connectivity index (χ4v) is 3.31. The molecule has 0 atom stereocenters. The Kier molecular flexibility index (Phi) is 4.18. The molecule has 6 heteroatoms. The standard InChI is InChI=1S/C20H16N4OS/c1-12-7-8-14(9-13(12)2)18-11-26-20(23-18)24-19(25)17-10-21-15-5-3-4-6-16(15)22-17/h3-11H,1-2H3,(H,23,24,25). The number of aromatic nitrogens is 3. The number of nitrogens with zero attached hydrogens (tertiary/aromatic N) is 3.